The molecule has 9 nitrogen and oxygen atoms in total. The van der Waals surface area contributed by atoms with Gasteiger partial charge in [0.1, 0.15) is 11.5 Å². The predicted molar refractivity (Wildman–Crippen MR) is 131 cm³/mol. The Morgan fingerprint density at radius 1 is 0.853 bits per heavy atom. The number of benzene rings is 3. The summed E-state index contributed by atoms with van der Waals surface area (Å²) in [4.78, 5) is 40.4. The van der Waals surface area contributed by atoms with Crippen molar-refractivity contribution in [2.45, 2.75) is 19.6 Å². The molecule has 9 heteroatoms. The van der Waals surface area contributed by atoms with Crippen LogP contribution in [0, 0.1) is 10.1 Å². The summed E-state index contributed by atoms with van der Waals surface area (Å²) in [5, 5.41) is 11.2. The van der Waals surface area contributed by atoms with E-state index in [2.05, 4.69) is 4.98 Å². The molecule has 172 valence electrons. The standard InChI is InChI=1S/C25H23N5O4/c26-23-22(24(31)27-25(32)29(23)17-19-10-5-2-6-11-19)28(15-18-8-3-1-4-9-18)16-20-12-7-13-21(14-20)30(33)34/h1-14H,15-17,26H2,(H,27,31,32). The highest BCUT2D eigenvalue weighted by Crippen LogP contribution is 2.24. The minimum atomic E-state index is -0.617. The van der Waals surface area contributed by atoms with E-state index in [1.54, 1.807) is 17.0 Å². The number of nitrogens with two attached hydrogens (primary N) is 1. The number of rotatable bonds is 8. The van der Waals surface area contributed by atoms with Crippen molar-refractivity contribution in [1.82, 2.24) is 9.55 Å². The molecule has 0 spiro atoms. The Bertz CT molecular complexity index is 1410. The summed E-state index contributed by atoms with van der Waals surface area (Å²) in [6.07, 6.45) is 0. The topological polar surface area (TPSA) is 127 Å². The molecule has 0 fully saturated rings. The van der Waals surface area contributed by atoms with Gasteiger partial charge in [0.25, 0.3) is 11.2 Å². The molecular weight excluding hydrogens is 434 g/mol. The number of anilines is 2. The molecule has 3 N–H and O–H groups in total. The van der Waals surface area contributed by atoms with Gasteiger partial charge in [-0.15, -0.1) is 0 Å². The van der Waals surface area contributed by atoms with Crippen LogP contribution in [-0.4, -0.2) is 14.5 Å². The van der Waals surface area contributed by atoms with Crippen LogP contribution in [0.5, 0.6) is 0 Å². The van der Waals surface area contributed by atoms with Crippen LogP contribution in [0.4, 0.5) is 17.2 Å². The first-order valence-electron chi connectivity index (χ1n) is 10.6. The summed E-state index contributed by atoms with van der Waals surface area (Å²) >= 11 is 0. The maximum absolute atomic E-state index is 13.0. The Kier molecular flexibility index (Phi) is 6.54. The van der Waals surface area contributed by atoms with Crippen LogP contribution in [0.1, 0.15) is 16.7 Å². The highest BCUT2D eigenvalue weighted by molar-refractivity contribution is 5.63. The number of non-ortho nitro benzene ring substituents is 1. The lowest BCUT2D eigenvalue weighted by Gasteiger charge is -2.26. The molecule has 0 saturated carbocycles. The van der Waals surface area contributed by atoms with E-state index in [-0.39, 0.29) is 30.3 Å². The first-order chi connectivity index (χ1) is 16.4. The van der Waals surface area contributed by atoms with Crippen LogP contribution < -0.4 is 21.9 Å². The first-order valence-corrected chi connectivity index (χ1v) is 10.6. The van der Waals surface area contributed by atoms with Gasteiger partial charge < -0.3 is 10.6 Å². The number of aromatic amines is 1. The summed E-state index contributed by atoms with van der Waals surface area (Å²) in [7, 11) is 0. The number of hydrogen-bond donors (Lipinski definition) is 2. The zero-order chi connectivity index (χ0) is 24.1. The molecule has 0 atom stereocenters. The van der Waals surface area contributed by atoms with Crippen molar-refractivity contribution in [2.75, 3.05) is 10.6 Å². The normalized spacial score (nSPS) is 10.7. The molecule has 0 aliphatic heterocycles. The van der Waals surface area contributed by atoms with E-state index < -0.39 is 16.2 Å². The van der Waals surface area contributed by atoms with Crippen LogP contribution in [-0.2, 0) is 19.6 Å². The fraction of sp³-hybridized carbons (Fsp3) is 0.120. The molecule has 0 aliphatic carbocycles. The van der Waals surface area contributed by atoms with Gasteiger partial charge in [-0.3, -0.25) is 24.5 Å². The molecule has 0 radical (unpaired) electrons. The van der Waals surface area contributed by atoms with Crippen molar-refractivity contribution >= 4 is 17.2 Å². The predicted octanol–water partition coefficient (Wildman–Crippen LogP) is 3.28. The molecule has 0 unspecified atom stereocenters. The number of nitro groups is 1. The number of nitrogens with zero attached hydrogens (tertiary/aromatic N) is 3. The van der Waals surface area contributed by atoms with E-state index >= 15 is 0 Å². The lowest BCUT2D eigenvalue weighted by Crippen LogP contribution is -2.38. The third kappa shape index (κ3) is 5.04. The van der Waals surface area contributed by atoms with E-state index in [1.165, 1.54) is 16.7 Å². The molecule has 4 rings (SSSR count). The first kappa shape index (κ1) is 22.5. The van der Waals surface area contributed by atoms with Crippen molar-refractivity contribution in [2.24, 2.45) is 0 Å². The molecule has 4 aromatic rings. The third-order valence-corrected chi connectivity index (χ3v) is 5.42. The van der Waals surface area contributed by atoms with Gasteiger partial charge in [0.15, 0.2) is 0 Å². The monoisotopic (exact) mass is 457 g/mol. The maximum Gasteiger partial charge on any atom is 0.330 e. The van der Waals surface area contributed by atoms with Gasteiger partial charge in [-0.1, -0.05) is 72.8 Å². The number of nitrogen functional groups attached to an aromatic ring is 1. The number of H-pyrrole nitrogens is 1. The number of aromatic nitrogens is 2. The Balaban J connectivity index is 1.79. The average molecular weight is 457 g/mol. The fourth-order valence-electron chi connectivity index (χ4n) is 3.81. The highest BCUT2D eigenvalue weighted by atomic mass is 16.6. The second-order valence-electron chi connectivity index (χ2n) is 7.83. The molecule has 1 heterocycles. The summed E-state index contributed by atoms with van der Waals surface area (Å²) in [5.74, 6) is 0.0268. The Morgan fingerprint density at radius 3 is 2.09 bits per heavy atom. The van der Waals surface area contributed by atoms with Gasteiger partial charge in [0.2, 0.25) is 0 Å². The van der Waals surface area contributed by atoms with Gasteiger partial charge in [0, 0.05) is 25.2 Å². The lowest BCUT2D eigenvalue weighted by atomic mass is 10.1. The zero-order valence-corrected chi connectivity index (χ0v) is 18.3. The van der Waals surface area contributed by atoms with Crippen molar-refractivity contribution in [3.8, 4) is 0 Å². The molecule has 3 aromatic carbocycles. The molecule has 0 saturated heterocycles. The van der Waals surface area contributed by atoms with E-state index in [4.69, 9.17) is 5.73 Å². The minimum Gasteiger partial charge on any atom is -0.383 e. The molecule has 1 aromatic heterocycles. The van der Waals surface area contributed by atoms with E-state index in [0.717, 1.165) is 11.1 Å². The number of nitro benzene ring substituents is 1. The van der Waals surface area contributed by atoms with Gasteiger partial charge >= 0.3 is 5.69 Å². The van der Waals surface area contributed by atoms with E-state index in [1.807, 2.05) is 60.7 Å². The maximum atomic E-state index is 13.0. The number of nitrogens with one attached hydrogen (secondary N) is 1. The lowest BCUT2D eigenvalue weighted by molar-refractivity contribution is -0.384. The SMILES string of the molecule is Nc1c(N(Cc2ccccc2)Cc2cccc([N+](=O)[O-])c2)c(=O)[nH]c(=O)n1Cc1ccccc1. The Hall–Kier alpha value is -4.66. The summed E-state index contributed by atoms with van der Waals surface area (Å²) in [6, 6.07) is 25.0. The summed E-state index contributed by atoms with van der Waals surface area (Å²) in [6.45, 7) is 0.666. The molecule has 0 amide bonds. The second kappa shape index (κ2) is 9.86. The smallest absolute Gasteiger partial charge is 0.330 e. The number of hydrogen-bond acceptors (Lipinski definition) is 6. The third-order valence-electron chi connectivity index (χ3n) is 5.42. The Labute approximate surface area is 194 Å². The minimum absolute atomic E-state index is 0.0268. The zero-order valence-electron chi connectivity index (χ0n) is 18.3. The van der Waals surface area contributed by atoms with Crippen molar-refractivity contribution in [3.63, 3.8) is 0 Å². The summed E-state index contributed by atoms with van der Waals surface area (Å²) < 4.78 is 1.32. The largest absolute Gasteiger partial charge is 0.383 e. The van der Waals surface area contributed by atoms with E-state index in [9.17, 15) is 19.7 Å². The molecule has 0 bridgehead atoms. The quantitative estimate of drug-likeness (QED) is 0.309. The van der Waals surface area contributed by atoms with E-state index in [0.29, 0.717) is 12.1 Å². The van der Waals surface area contributed by atoms with Gasteiger partial charge in [-0.05, 0) is 16.7 Å². The Morgan fingerprint density at radius 2 is 1.44 bits per heavy atom. The summed E-state index contributed by atoms with van der Waals surface area (Å²) in [5.41, 5.74) is 7.66. The van der Waals surface area contributed by atoms with Crippen LogP contribution in [0.15, 0.2) is 94.5 Å². The van der Waals surface area contributed by atoms with Crippen molar-refractivity contribution in [1.29, 1.82) is 0 Å². The van der Waals surface area contributed by atoms with Gasteiger partial charge in [0.05, 0.1) is 11.5 Å². The van der Waals surface area contributed by atoms with Gasteiger partial charge in [-0.25, -0.2) is 4.79 Å². The average Bonchev–Trinajstić information content (AvgIpc) is 2.83. The highest BCUT2D eigenvalue weighted by Gasteiger charge is 2.20. The molecular formula is C25H23N5O4. The molecule has 0 aliphatic rings. The van der Waals surface area contributed by atoms with Crippen LogP contribution in [0.25, 0.3) is 0 Å². The van der Waals surface area contributed by atoms with Crippen LogP contribution in [0.3, 0.4) is 0 Å². The molecule has 34 heavy (non-hydrogen) atoms. The second-order valence-corrected chi connectivity index (χ2v) is 7.83. The van der Waals surface area contributed by atoms with Crippen molar-refractivity contribution < 1.29 is 4.92 Å². The fourth-order valence-corrected chi connectivity index (χ4v) is 3.81. The van der Waals surface area contributed by atoms with Gasteiger partial charge in [-0.2, -0.15) is 0 Å². The van der Waals surface area contributed by atoms with Crippen LogP contribution in [0.2, 0.25) is 0 Å². The van der Waals surface area contributed by atoms with Crippen molar-refractivity contribution in [3.05, 3.63) is 133 Å². The van der Waals surface area contributed by atoms with Crippen LogP contribution >= 0.6 is 0 Å².